The Morgan fingerprint density at radius 2 is 1.83 bits per heavy atom. The second-order valence-corrected chi connectivity index (χ2v) is 9.53. The number of allylic oxidation sites excluding steroid dienone is 1. The summed E-state index contributed by atoms with van der Waals surface area (Å²) in [6.07, 6.45) is 0. The second kappa shape index (κ2) is 8.94. The minimum Gasteiger partial charge on any atom is -0.463 e. The SMILES string of the molecule is CCOC(=O)C1=C(C)N=c2sc(=C3C(=O)N(CC)c4ccccc43)c(=O)n2C1c1ccc(Cl)cc1. The van der Waals surface area contributed by atoms with Crippen LogP contribution in [0.1, 0.15) is 37.9 Å². The van der Waals surface area contributed by atoms with Crippen LogP contribution in [0.2, 0.25) is 5.02 Å². The van der Waals surface area contributed by atoms with Gasteiger partial charge in [-0.25, -0.2) is 9.79 Å². The molecular formula is C26H22ClN3O4S. The van der Waals surface area contributed by atoms with Crippen LogP contribution in [-0.2, 0) is 14.3 Å². The molecule has 178 valence electrons. The van der Waals surface area contributed by atoms with E-state index in [9.17, 15) is 14.4 Å². The van der Waals surface area contributed by atoms with Crippen molar-refractivity contribution in [3.05, 3.63) is 95.6 Å². The van der Waals surface area contributed by atoms with Gasteiger partial charge in [-0.1, -0.05) is 53.3 Å². The molecular weight excluding hydrogens is 486 g/mol. The smallest absolute Gasteiger partial charge is 0.338 e. The molecule has 0 N–H and O–H groups in total. The van der Waals surface area contributed by atoms with E-state index in [4.69, 9.17) is 16.3 Å². The average Bonchev–Trinajstić information content (AvgIpc) is 3.31. The first-order valence-electron chi connectivity index (χ1n) is 11.3. The lowest BCUT2D eigenvalue weighted by atomic mass is 9.96. The van der Waals surface area contributed by atoms with Crippen LogP contribution in [0.15, 0.2) is 69.6 Å². The molecule has 0 bridgehead atoms. The molecule has 9 heteroatoms. The Morgan fingerprint density at radius 1 is 1.11 bits per heavy atom. The molecule has 1 amide bonds. The third-order valence-corrected chi connectivity index (χ3v) is 7.45. The molecule has 2 aromatic carbocycles. The van der Waals surface area contributed by atoms with Gasteiger partial charge >= 0.3 is 5.97 Å². The van der Waals surface area contributed by atoms with E-state index in [1.54, 1.807) is 43.0 Å². The first-order valence-corrected chi connectivity index (χ1v) is 12.5. The van der Waals surface area contributed by atoms with Gasteiger partial charge in [0, 0.05) is 17.1 Å². The number of nitrogens with zero attached hydrogens (tertiary/aromatic N) is 3. The third kappa shape index (κ3) is 3.64. The van der Waals surface area contributed by atoms with E-state index in [1.165, 1.54) is 4.57 Å². The molecule has 3 aromatic rings. The first-order chi connectivity index (χ1) is 16.9. The maximum absolute atomic E-state index is 14.0. The summed E-state index contributed by atoms with van der Waals surface area (Å²) in [5.41, 5.74) is 2.92. The Labute approximate surface area is 210 Å². The Hall–Kier alpha value is -3.49. The van der Waals surface area contributed by atoms with Crippen molar-refractivity contribution in [3.8, 4) is 0 Å². The fraction of sp³-hybridized carbons (Fsp3) is 0.231. The quantitative estimate of drug-likeness (QED) is 0.508. The number of amides is 1. The first kappa shape index (κ1) is 23.3. The number of ether oxygens (including phenoxy) is 1. The summed E-state index contributed by atoms with van der Waals surface area (Å²) >= 11 is 7.27. The van der Waals surface area contributed by atoms with Gasteiger partial charge in [0.15, 0.2) is 4.80 Å². The summed E-state index contributed by atoms with van der Waals surface area (Å²) < 4.78 is 7.11. The van der Waals surface area contributed by atoms with Crippen LogP contribution in [0.4, 0.5) is 5.69 Å². The summed E-state index contributed by atoms with van der Waals surface area (Å²) in [6.45, 7) is 6.02. The minimum atomic E-state index is -0.758. The number of rotatable bonds is 4. The Balaban J connectivity index is 1.83. The number of likely N-dealkylation sites (N-methyl/N-ethyl adjacent to an activating group) is 1. The van der Waals surface area contributed by atoms with Crippen LogP contribution in [-0.4, -0.2) is 29.6 Å². The lowest BCUT2D eigenvalue weighted by Gasteiger charge is -2.24. The highest BCUT2D eigenvalue weighted by atomic mass is 35.5. The van der Waals surface area contributed by atoms with Crippen molar-refractivity contribution in [1.82, 2.24) is 4.57 Å². The topological polar surface area (TPSA) is 81.0 Å². The number of carbonyl (C=O) groups is 2. The van der Waals surface area contributed by atoms with E-state index in [0.717, 1.165) is 17.0 Å². The van der Waals surface area contributed by atoms with Gasteiger partial charge in [-0.05, 0) is 44.5 Å². The molecule has 2 aliphatic heterocycles. The fourth-order valence-corrected chi connectivity index (χ4v) is 5.88. The van der Waals surface area contributed by atoms with Crippen molar-refractivity contribution in [2.24, 2.45) is 4.99 Å². The molecule has 0 saturated heterocycles. The summed E-state index contributed by atoms with van der Waals surface area (Å²) in [7, 11) is 0. The second-order valence-electron chi connectivity index (χ2n) is 8.12. The molecule has 1 atom stereocenters. The Kier molecular flexibility index (Phi) is 5.94. The third-order valence-electron chi connectivity index (χ3n) is 6.14. The number of hydrogen-bond acceptors (Lipinski definition) is 6. The lowest BCUT2D eigenvalue weighted by molar-refractivity contribution is -0.139. The fourth-order valence-electron chi connectivity index (χ4n) is 4.62. The summed E-state index contributed by atoms with van der Waals surface area (Å²) in [6, 6.07) is 13.7. The number of halogens is 1. The number of esters is 1. The Morgan fingerprint density at radius 3 is 2.51 bits per heavy atom. The van der Waals surface area contributed by atoms with Gasteiger partial charge < -0.3 is 9.64 Å². The minimum absolute atomic E-state index is 0.190. The zero-order valence-electron chi connectivity index (χ0n) is 19.4. The lowest BCUT2D eigenvalue weighted by Crippen LogP contribution is -2.41. The van der Waals surface area contributed by atoms with Gasteiger partial charge in [-0.15, -0.1) is 0 Å². The zero-order valence-corrected chi connectivity index (χ0v) is 20.9. The van der Waals surface area contributed by atoms with E-state index >= 15 is 0 Å². The highest BCUT2D eigenvalue weighted by Crippen LogP contribution is 2.35. The van der Waals surface area contributed by atoms with Gasteiger partial charge in [-0.2, -0.15) is 0 Å². The van der Waals surface area contributed by atoms with Crippen LogP contribution in [0.25, 0.3) is 5.57 Å². The van der Waals surface area contributed by atoms with Crippen molar-refractivity contribution in [2.75, 3.05) is 18.1 Å². The maximum Gasteiger partial charge on any atom is 0.338 e. The summed E-state index contributed by atoms with van der Waals surface area (Å²) in [4.78, 5) is 47.0. The van der Waals surface area contributed by atoms with Gasteiger partial charge in [0.25, 0.3) is 11.5 Å². The van der Waals surface area contributed by atoms with Gasteiger partial charge in [-0.3, -0.25) is 14.2 Å². The van der Waals surface area contributed by atoms with Crippen molar-refractivity contribution in [1.29, 1.82) is 0 Å². The van der Waals surface area contributed by atoms with Gasteiger partial charge in [0.2, 0.25) is 0 Å². The number of fused-ring (bicyclic) bond motifs is 2. The van der Waals surface area contributed by atoms with Crippen molar-refractivity contribution < 1.29 is 14.3 Å². The van der Waals surface area contributed by atoms with E-state index in [1.807, 2.05) is 31.2 Å². The molecule has 0 radical (unpaired) electrons. The molecule has 35 heavy (non-hydrogen) atoms. The molecule has 0 aliphatic carbocycles. The van der Waals surface area contributed by atoms with Crippen LogP contribution in [0, 0.1) is 0 Å². The van der Waals surface area contributed by atoms with Crippen LogP contribution in [0.3, 0.4) is 0 Å². The number of carbonyl (C=O) groups excluding carboxylic acids is 2. The van der Waals surface area contributed by atoms with E-state index in [-0.39, 0.29) is 23.6 Å². The van der Waals surface area contributed by atoms with Crippen LogP contribution in [0.5, 0.6) is 0 Å². The number of aromatic nitrogens is 1. The van der Waals surface area contributed by atoms with Crippen molar-refractivity contribution in [3.63, 3.8) is 0 Å². The highest BCUT2D eigenvalue weighted by molar-refractivity contribution is 7.07. The molecule has 2 aliphatic rings. The Bertz CT molecular complexity index is 1580. The summed E-state index contributed by atoms with van der Waals surface area (Å²) in [5, 5.41) is 0.537. The predicted octanol–water partition coefficient (Wildman–Crippen LogP) is 3.19. The number of anilines is 1. The largest absolute Gasteiger partial charge is 0.463 e. The molecule has 3 heterocycles. The highest BCUT2D eigenvalue weighted by Gasteiger charge is 2.36. The van der Waals surface area contributed by atoms with E-state index < -0.39 is 12.0 Å². The predicted molar refractivity (Wildman–Crippen MR) is 135 cm³/mol. The van der Waals surface area contributed by atoms with Crippen molar-refractivity contribution in [2.45, 2.75) is 26.8 Å². The molecule has 1 aromatic heterocycles. The van der Waals surface area contributed by atoms with Crippen LogP contribution < -0.4 is 19.8 Å². The molecule has 5 rings (SSSR count). The number of para-hydroxylation sites is 1. The maximum atomic E-state index is 14.0. The summed E-state index contributed by atoms with van der Waals surface area (Å²) in [5.74, 6) is -0.755. The van der Waals surface area contributed by atoms with E-state index in [2.05, 4.69) is 4.99 Å². The van der Waals surface area contributed by atoms with Gasteiger partial charge in [0.1, 0.15) is 4.53 Å². The average molecular weight is 508 g/mol. The number of benzene rings is 2. The molecule has 7 nitrogen and oxygen atoms in total. The van der Waals surface area contributed by atoms with Crippen molar-refractivity contribution >= 4 is 46.1 Å². The number of hydrogen-bond donors (Lipinski definition) is 0. The molecule has 0 fully saturated rings. The van der Waals surface area contributed by atoms with Gasteiger partial charge in [0.05, 0.1) is 35.2 Å². The standard InChI is InChI=1S/C26H22ClN3O4S/c1-4-29-18-9-7-6-8-17(18)20(23(29)31)22-24(32)30-21(15-10-12-16(27)13-11-15)19(25(33)34-5-2)14(3)28-26(30)35-22/h6-13,21H,4-5H2,1-3H3. The number of thiazole rings is 1. The molecule has 1 unspecified atom stereocenters. The zero-order chi connectivity index (χ0) is 24.9. The molecule has 0 spiro atoms. The van der Waals surface area contributed by atoms with E-state index in [0.29, 0.717) is 43.3 Å². The van der Waals surface area contributed by atoms with Crippen LogP contribution >= 0.6 is 22.9 Å². The molecule has 0 saturated carbocycles. The monoisotopic (exact) mass is 507 g/mol. The normalized spacial score (nSPS) is 18.3.